The standard InChI is InChI=1S/C50H30S/c1-2-13-32-28-36(25-24-31(32)12-1)48-42-21-8-6-19-40(42)47(41-20-7-9-22-43(41)48)35-15-11-14-33(29-35)34-26-27-46-45(30-34)49-39-18-5-3-16-37(39)38-17-4-10-23-44(38)50(49)51-46/h1-30H. The van der Waals surface area contributed by atoms with Crippen LogP contribution in [0.5, 0.6) is 0 Å². The summed E-state index contributed by atoms with van der Waals surface area (Å²) in [5.41, 5.74) is 7.52. The zero-order valence-electron chi connectivity index (χ0n) is 27.7. The molecule has 0 amide bonds. The van der Waals surface area contributed by atoms with Crippen molar-refractivity contribution in [2.24, 2.45) is 0 Å². The normalized spacial score (nSPS) is 11.9. The second-order valence-electron chi connectivity index (χ2n) is 13.6. The van der Waals surface area contributed by atoms with E-state index in [1.54, 1.807) is 0 Å². The maximum atomic E-state index is 2.42. The van der Waals surface area contributed by atoms with Gasteiger partial charge in [0, 0.05) is 25.6 Å². The second kappa shape index (κ2) is 11.1. The molecular weight excluding hydrogens is 633 g/mol. The van der Waals surface area contributed by atoms with Gasteiger partial charge >= 0.3 is 0 Å². The molecule has 0 aliphatic carbocycles. The Kier molecular flexibility index (Phi) is 6.22. The monoisotopic (exact) mass is 662 g/mol. The van der Waals surface area contributed by atoms with Crippen molar-refractivity contribution in [2.75, 3.05) is 0 Å². The lowest BCUT2D eigenvalue weighted by Crippen LogP contribution is -1.91. The minimum Gasteiger partial charge on any atom is -0.135 e. The number of benzene rings is 10. The van der Waals surface area contributed by atoms with Crippen LogP contribution in [0.2, 0.25) is 0 Å². The highest BCUT2D eigenvalue weighted by Gasteiger charge is 2.18. The molecule has 11 aromatic rings. The van der Waals surface area contributed by atoms with E-state index in [0.717, 1.165) is 0 Å². The van der Waals surface area contributed by atoms with Crippen LogP contribution in [0, 0.1) is 0 Å². The Morgan fingerprint density at radius 2 is 0.765 bits per heavy atom. The first-order valence-corrected chi connectivity index (χ1v) is 18.4. The van der Waals surface area contributed by atoms with Crippen molar-refractivity contribution in [3.8, 4) is 33.4 Å². The van der Waals surface area contributed by atoms with Crippen molar-refractivity contribution in [3.63, 3.8) is 0 Å². The SMILES string of the molecule is c1cc(-c2ccc3sc4c5ccccc5c5ccccc5c4c3c2)cc(-c2c3ccccc3c(-c3ccc4ccccc4c3)c3ccccc23)c1. The summed E-state index contributed by atoms with van der Waals surface area (Å²) in [6.45, 7) is 0. The Morgan fingerprint density at radius 3 is 1.45 bits per heavy atom. The summed E-state index contributed by atoms with van der Waals surface area (Å²) in [5.74, 6) is 0. The Balaban J connectivity index is 1.13. The van der Waals surface area contributed by atoms with E-state index in [0.29, 0.717) is 0 Å². The van der Waals surface area contributed by atoms with Crippen LogP contribution in [-0.2, 0) is 0 Å². The van der Waals surface area contributed by atoms with E-state index in [2.05, 4.69) is 182 Å². The average Bonchev–Trinajstić information content (AvgIpc) is 3.59. The Morgan fingerprint density at radius 1 is 0.275 bits per heavy atom. The van der Waals surface area contributed by atoms with Gasteiger partial charge in [-0.1, -0.05) is 158 Å². The molecule has 0 radical (unpaired) electrons. The van der Waals surface area contributed by atoms with Crippen LogP contribution in [0.3, 0.4) is 0 Å². The molecule has 0 spiro atoms. The van der Waals surface area contributed by atoms with Crippen molar-refractivity contribution in [1.82, 2.24) is 0 Å². The fraction of sp³-hybridized carbons (Fsp3) is 0. The summed E-state index contributed by atoms with van der Waals surface area (Å²) in [5, 5.41) is 15.6. The van der Waals surface area contributed by atoms with Crippen LogP contribution in [0.15, 0.2) is 182 Å². The third-order valence-corrected chi connectivity index (χ3v) is 12.0. The third-order valence-electron chi connectivity index (χ3n) is 10.8. The van der Waals surface area contributed by atoms with Crippen molar-refractivity contribution in [3.05, 3.63) is 182 Å². The summed E-state index contributed by atoms with van der Waals surface area (Å²) in [6, 6.07) is 67.4. The molecule has 0 N–H and O–H groups in total. The molecule has 0 bridgehead atoms. The number of thiophene rings is 1. The van der Waals surface area contributed by atoms with Crippen molar-refractivity contribution >= 4 is 85.4 Å². The van der Waals surface area contributed by atoms with Gasteiger partial charge in [0.25, 0.3) is 0 Å². The van der Waals surface area contributed by atoms with E-state index in [-0.39, 0.29) is 0 Å². The average molecular weight is 663 g/mol. The van der Waals surface area contributed by atoms with Crippen LogP contribution in [0.25, 0.3) is 107 Å². The minimum absolute atomic E-state index is 1.23. The van der Waals surface area contributed by atoms with Gasteiger partial charge in [0.15, 0.2) is 0 Å². The zero-order valence-corrected chi connectivity index (χ0v) is 28.5. The summed E-state index contributed by atoms with van der Waals surface area (Å²) in [7, 11) is 0. The first-order chi connectivity index (χ1) is 25.3. The quantitative estimate of drug-likeness (QED) is 0.130. The van der Waals surface area contributed by atoms with Crippen molar-refractivity contribution in [1.29, 1.82) is 0 Å². The number of hydrogen-bond acceptors (Lipinski definition) is 1. The molecule has 1 aromatic heterocycles. The summed E-state index contributed by atoms with van der Waals surface area (Å²) in [4.78, 5) is 0. The van der Waals surface area contributed by atoms with E-state index in [1.165, 1.54) is 107 Å². The molecule has 51 heavy (non-hydrogen) atoms. The molecule has 236 valence electrons. The number of hydrogen-bond donors (Lipinski definition) is 0. The first kappa shape index (κ1) is 28.5. The van der Waals surface area contributed by atoms with Crippen molar-refractivity contribution in [2.45, 2.75) is 0 Å². The van der Waals surface area contributed by atoms with E-state index in [1.807, 2.05) is 11.3 Å². The number of rotatable bonds is 3. The summed E-state index contributed by atoms with van der Waals surface area (Å²) in [6.07, 6.45) is 0. The third kappa shape index (κ3) is 4.32. The zero-order chi connectivity index (χ0) is 33.5. The van der Waals surface area contributed by atoms with E-state index in [9.17, 15) is 0 Å². The molecule has 0 saturated heterocycles. The highest BCUT2D eigenvalue weighted by molar-refractivity contribution is 7.27. The van der Waals surface area contributed by atoms with E-state index >= 15 is 0 Å². The van der Waals surface area contributed by atoms with Crippen LogP contribution >= 0.6 is 11.3 Å². The molecule has 1 heterocycles. The molecule has 0 fully saturated rings. The van der Waals surface area contributed by atoms with E-state index < -0.39 is 0 Å². The molecule has 0 unspecified atom stereocenters. The molecule has 0 atom stereocenters. The highest BCUT2D eigenvalue weighted by Crippen LogP contribution is 2.47. The van der Waals surface area contributed by atoms with Gasteiger partial charge in [-0.05, 0) is 106 Å². The van der Waals surface area contributed by atoms with Gasteiger partial charge in [0.05, 0.1) is 0 Å². The Labute approximate surface area is 299 Å². The van der Waals surface area contributed by atoms with Gasteiger partial charge in [0.2, 0.25) is 0 Å². The smallest absolute Gasteiger partial charge is 0.0440 e. The fourth-order valence-electron chi connectivity index (χ4n) is 8.54. The Hall–Kier alpha value is -6.28. The molecule has 11 rings (SSSR count). The largest absolute Gasteiger partial charge is 0.135 e. The summed E-state index contributed by atoms with van der Waals surface area (Å²) < 4.78 is 2.70. The van der Waals surface area contributed by atoms with Gasteiger partial charge in [-0.3, -0.25) is 0 Å². The van der Waals surface area contributed by atoms with Gasteiger partial charge in [-0.25, -0.2) is 0 Å². The number of fused-ring (bicyclic) bond motifs is 11. The lowest BCUT2D eigenvalue weighted by molar-refractivity contribution is 1.63. The molecular formula is C50H30S. The topological polar surface area (TPSA) is 0 Å². The molecule has 0 saturated carbocycles. The highest BCUT2D eigenvalue weighted by atomic mass is 32.1. The molecule has 0 nitrogen and oxygen atoms in total. The minimum atomic E-state index is 1.23. The predicted molar refractivity (Wildman–Crippen MR) is 223 cm³/mol. The van der Waals surface area contributed by atoms with Gasteiger partial charge < -0.3 is 0 Å². The second-order valence-corrected chi connectivity index (χ2v) is 14.6. The van der Waals surface area contributed by atoms with Crippen LogP contribution in [0.1, 0.15) is 0 Å². The molecule has 1 heteroatoms. The van der Waals surface area contributed by atoms with Crippen LogP contribution < -0.4 is 0 Å². The van der Waals surface area contributed by atoms with Crippen LogP contribution in [-0.4, -0.2) is 0 Å². The predicted octanol–water partition coefficient (Wildman–Crippen LogP) is 14.8. The fourth-order valence-corrected chi connectivity index (χ4v) is 9.77. The maximum absolute atomic E-state index is 2.42. The van der Waals surface area contributed by atoms with Crippen molar-refractivity contribution < 1.29 is 0 Å². The van der Waals surface area contributed by atoms with Gasteiger partial charge in [-0.2, -0.15) is 0 Å². The molecule has 0 aliphatic rings. The molecule has 10 aromatic carbocycles. The van der Waals surface area contributed by atoms with E-state index in [4.69, 9.17) is 0 Å². The van der Waals surface area contributed by atoms with Gasteiger partial charge in [0.1, 0.15) is 0 Å². The lowest BCUT2D eigenvalue weighted by atomic mass is 9.85. The Bertz CT molecular complexity index is 3140. The van der Waals surface area contributed by atoms with Crippen LogP contribution in [0.4, 0.5) is 0 Å². The van der Waals surface area contributed by atoms with Gasteiger partial charge in [-0.15, -0.1) is 11.3 Å². The first-order valence-electron chi connectivity index (χ1n) is 17.6. The maximum Gasteiger partial charge on any atom is 0.0440 e. The summed E-state index contributed by atoms with van der Waals surface area (Å²) >= 11 is 1.91. The lowest BCUT2D eigenvalue weighted by Gasteiger charge is -2.18. The molecule has 0 aliphatic heterocycles.